The first kappa shape index (κ1) is 18.7. The highest BCUT2D eigenvalue weighted by molar-refractivity contribution is 7.99. The number of aromatic nitrogens is 2. The fraction of sp³-hybridized carbons (Fsp3) is 0.222. The van der Waals surface area contributed by atoms with Gasteiger partial charge in [-0.3, -0.25) is 4.79 Å². The summed E-state index contributed by atoms with van der Waals surface area (Å²) in [7, 11) is 1.62. The average molecular weight is 356 g/mol. The molecule has 0 bridgehead atoms. The van der Waals surface area contributed by atoms with Gasteiger partial charge in [0.2, 0.25) is 0 Å². The van der Waals surface area contributed by atoms with E-state index in [9.17, 15) is 4.79 Å². The van der Waals surface area contributed by atoms with Gasteiger partial charge in [0, 0.05) is 23.2 Å². The second kappa shape index (κ2) is 9.58. The van der Waals surface area contributed by atoms with Crippen molar-refractivity contribution in [3.05, 3.63) is 53.4 Å². The topological polar surface area (TPSA) is 76.5 Å². The minimum absolute atomic E-state index is 0.205. The highest BCUT2D eigenvalue weighted by atomic mass is 32.2. The van der Waals surface area contributed by atoms with Crippen molar-refractivity contribution in [2.45, 2.75) is 19.0 Å². The van der Waals surface area contributed by atoms with Crippen molar-refractivity contribution in [1.82, 2.24) is 15.4 Å². The van der Waals surface area contributed by atoms with E-state index < -0.39 is 0 Å². The average Bonchev–Trinajstić information content (AvgIpc) is 2.59. The molecule has 7 heteroatoms. The van der Waals surface area contributed by atoms with Crippen LogP contribution in [0.25, 0.3) is 6.08 Å². The standard InChI is InChI=1S/C18H20N4O2S/c1-13-11-14(2)21-18(20-13)25-12-17(23)22-19-10-6-8-15-7-4-5-9-16(15)24-3/h4-11H,12H2,1-3H3,(H,22,23)/b8-6+,19-10+. The molecule has 0 aliphatic carbocycles. The van der Waals surface area contributed by atoms with Gasteiger partial charge < -0.3 is 4.74 Å². The SMILES string of the molecule is COc1ccccc1/C=C/C=N/NC(=O)CSc1nc(C)cc(C)n1. The van der Waals surface area contributed by atoms with E-state index in [-0.39, 0.29) is 11.7 Å². The van der Waals surface area contributed by atoms with Gasteiger partial charge in [-0.05, 0) is 38.1 Å². The Balaban J connectivity index is 1.79. The van der Waals surface area contributed by atoms with E-state index in [1.165, 1.54) is 18.0 Å². The van der Waals surface area contributed by atoms with Crippen molar-refractivity contribution in [2.24, 2.45) is 5.10 Å². The largest absolute Gasteiger partial charge is 0.496 e. The molecule has 1 aromatic carbocycles. The molecule has 25 heavy (non-hydrogen) atoms. The molecular formula is C18H20N4O2S. The van der Waals surface area contributed by atoms with E-state index in [1.54, 1.807) is 13.2 Å². The number of carbonyl (C=O) groups excluding carboxylic acids is 1. The number of amides is 1. The Morgan fingerprint density at radius 2 is 2.00 bits per heavy atom. The number of para-hydroxylation sites is 1. The maximum absolute atomic E-state index is 11.8. The third-order valence-electron chi connectivity index (χ3n) is 3.06. The highest BCUT2D eigenvalue weighted by Crippen LogP contribution is 2.18. The molecule has 0 fully saturated rings. The maximum atomic E-state index is 11.8. The van der Waals surface area contributed by atoms with Crippen molar-refractivity contribution < 1.29 is 9.53 Å². The number of allylic oxidation sites excluding steroid dienone is 1. The van der Waals surface area contributed by atoms with Crippen molar-refractivity contribution in [3.63, 3.8) is 0 Å². The lowest BCUT2D eigenvalue weighted by Crippen LogP contribution is -2.19. The number of methoxy groups -OCH3 is 1. The van der Waals surface area contributed by atoms with Crippen LogP contribution in [0.1, 0.15) is 17.0 Å². The minimum atomic E-state index is -0.213. The molecular weight excluding hydrogens is 336 g/mol. The lowest BCUT2D eigenvalue weighted by Gasteiger charge is -2.02. The van der Waals surface area contributed by atoms with Crippen LogP contribution in [0.4, 0.5) is 0 Å². The Morgan fingerprint density at radius 1 is 1.28 bits per heavy atom. The van der Waals surface area contributed by atoms with Crippen LogP contribution in [0.2, 0.25) is 0 Å². The van der Waals surface area contributed by atoms with Crippen LogP contribution in [0.3, 0.4) is 0 Å². The Bertz CT molecular complexity index is 770. The Morgan fingerprint density at radius 3 is 2.72 bits per heavy atom. The normalized spacial score (nSPS) is 11.2. The van der Waals surface area contributed by atoms with Crippen molar-refractivity contribution in [3.8, 4) is 5.75 Å². The van der Waals surface area contributed by atoms with E-state index >= 15 is 0 Å². The fourth-order valence-electron chi connectivity index (χ4n) is 2.02. The second-order valence-electron chi connectivity index (χ2n) is 5.14. The summed E-state index contributed by atoms with van der Waals surface area (Å²) < 4.78 is 5.25. The molecule has 0 aliphatic rings. The summed E-state index contributed by atoms with van der Waals surface area (Å²) in [5.74, 6) is 0.770. The van der Waals surface area contributed by atoms with E-state index in [0.29, 0.717) is 5.16 Å². The number of rotatable bonds is 7. The minimum Gasteiger partial charge on any atom is -0.496 e. The van der Waals surface area contributed by atoms with E-state index in [0.717, 1.165) is 22.7 Å². The molecule has 0 radical (unpaired) electrons. The Hall–Kier alpha value is -2.67. The van der Waals surface area contributed by atoms with Gasteiger partial charge in [-0.2, -0.15) is 5.10 Å². The zero-order chi connectivity index (χ0) is 18.1. The molecule has 2 rings (SSSR count). The molecule has 0 spiro atoms. The third-order valence-corrected chi connectivity index (χ3v) is 3.91. The molecule has 0 aliphatic heterocycles. The molecule has 1 amide bonds. The van der Waals surface area contributed by atoms with Gasteiger partial charge in [0.05, 0.1) is 12.9 Å². The number of ether oxygens (including phenoxy) is 1. The van der Waals surface area contributed by atoms with Gasteiger partial charge in [-0.25, -0.2) is 15.4 Å². The van der Waals surface area contributed by atoms with Crippen LogP contribution in [-0.4, -0.2) is 35.0 Å². The van der Waals surface area contributed by atoms with Gasteiger partial charge in [-0.15, -0.1) is 0 Å². The van der Waals surface area contributed by atoms with Gasteiger partial charge >= 0.3 is 0 Å². The molecule has 2 aromatic rings. The number of carbonyl (C=O) groups is 1. The summed E-state index contributed by atoms with van der Waals surface area (Å²) >= 11 is 1.28. The molecule has 1 aromatic heterocycles. The first-order valence-electron chi connectivity index (χ1n) is 7.65. The van der Waals surface area contributed by atoms with Crippen LogP contribution >= 0.6 is 11.8 Å². The molecule has 0 saturated carbocycles. The van der Waals surface area contributed by atoms with Crippen LogP contribution in [0.5, 0.6) is 5.75 Å². The monoisotopic (exact) mass is 356 g/mol. The summed E-state index contributed by atoms with van der Waals surface area (Å²) in [5, 5.41) is 4.47. The lowest BCUT2D eigenvalue weighted by molar-refractivity contribution is -0.118. The predicted molar refractivity (Wildman–Crippen MR) is 101 cm³/mol. The summed E-state index contributed by atoms with van der Waals surface area (Å²) in [6.07, 6.45) is 5.10. The van der Waals surface area contributed by atoms with Crippen molar-refractivity contribution in [1.29, 1.82) is 0 Å². The fourth-order valence-corrected chi connectivity index (χ4v) is 2.77. The van der Waals surface area contributed by atoms with Crippen LogP contribution in [0.15, 0.2) is 46.7 Å². The first-order chi connectivity index (χ1) is 12.1. The second-order valence-corrected chi connectivity index (χ2v) is 6.08. The molecule has 1 heterocycles. The number of nitrogens with one attached hydrogen (secondary N) is 1. The molecule has 0 unspecified atom stereocenters. The van der Waals surface area contributed by atoms with Crippen LogP contribution in [-0.2, 0) is 4.79 Å². The smallest absolute Gasteiger partial charge is 0.250 e. The number of nitrogens with zero attached hydrogens (tertiary/aromatic N) is 3. The number of thioether (sulfide) groups is 1. The van der Waals surface area contributed by atoms with Crippen molar-refractivity contribution in [2.75, 3.05) is 12.9 Å². The van der Waals surface area contributed by atoms with Crippen molar-refractivity contribution >= 4 is 30.0 Å². The molecule has 0 atom stereocenters. The third kappa shape index (κ3) is 6.39. The molecule has 0 saturated heterocycles. The van der Waals surface area contributed by atoms with E-state index in [1.807, 2.05) is 50.3 Å². The van der Waals surface area contributed by atoms with Gasteiger partial charge in [0.1, 0.15) is 5.75 Å². The number of aryl methyl sites for hydroxylation is 2. The number of benzene rings is 1. The van der Waals surface area contributed by atoms with E-state index in [2.05, 4.69) is 20.5 Å². The summed E-state index contributed by atoms with van der Waals surface area (Å²) in [5.41, 5.74) is 5.17. The summed E-state index contributed by atoms with van der Waals surface area (Å²) in [6.45, 7) is 3.80. The molecule has 6 nitrogen and oxygen atoms in total. The van der Waals surface area contributed by atoms with Gasteiger partial charge in [0.25, 0.3) is 5.91 Å². The first-order valence-corrected chi connectivity index (χ1v) is 8.63. The number of hydrogen-bond acceptors (Lipinski definition) is 6. The van der Waals surface area contributed by atoms with Crippen LogP contribution < -0.4 is 10.2 Å². The molecule has 130 valence electrons. The Kier molecular flexibility index (Phi) is 7.16. The molecule has 1 N–H and O–H groups in total. The maximum Gasteiger partial charge on any atom is 0.250 e. The highest BCUT2D eigenvalue weighted by Gasteiger charge is 2.05. The predicted octanol–water partition coefficient (Wildman–Crippen LogP) is 3.01. The summed E-state index contributed by atoms with van der Waals surface area (Å²) in [4.78, 5) is 20.3. The van der Waals surface area contributed by atoms with Crippen LogP contribution in [0, 0.1) is 13.8 Å². The number of hydrogen-bond donors (Lipinski definition) is 1. The zero-order valence-corrected chi connectivity index (χ0v) is 15.2. The van der Waals surface area contributed by atoms with E-state index in [4.69, 9.17) is 4.74 Å². The summed E-state index contributed by atoms with van der Waals surface area (Å²) in [6, 6.07) is 9.53. The zero-order valence-electron chi connectivity index (χ0n) is 14.4. The number of hydrazone groups is 1. The Labute approximate surface area is 151 Å². The quantitative estimate of drug-likeness (QED) is 0.357. The van der Waals surface area contributed by atoms with Gasteiger partial charge in [-0.1, -0.05) is 30.0 Å². The van der Waals surface area contributed by atoms with Gasteiger partial charge in [0.15, 0.2) is 5.16 Å². The lowest BCUT2D eigenvalue weighted by atomic mass is 10.2.